The highest BCUT2D eigenvalue weighted by Crippen LogP contribution is 2.24. The number of hydrogen-bond acceptors (Lipinski definition) is 6. The molecule has 1 fully saturated rings. The van der Waals surface area contributed by atoms with Crippen LogP contribution in [0.2, 0.25) is 0 Å². The monoisotopic (exact) mass is 353 g/mol. The molecule has 9 heteroatoms. The van der Waals surface area contributed by atoms with Gasteiger partial charge < -0.3 is 13.7 Å². The van der Waals surface area contributed by atoms with Gasteiger partial charge in [0.15, 0.2) is 5.03 Å². The zero-order valence-corrected chi connectivity index (χ0v) is 14.5. The van der Waals surface area contributed by atoms with E-state index in [0.717, 1.165) is 0 Å². The van der Waals surface area contributed by atoms with Gasteiger partial charge in [0.25, 0.3) is 10.0 Å². The van der Waals surface area contributed by atoms with E-state index in [9.17, 15) is 13.2 Å². The SMILES string of the molecule is Cc1cc(OC2CN(S(=O)(=O)c3cn(C(C)C)cn3)C2)cc(=O)o1. The van der Waals surface area contributed by atoms with Gasteiger partial charge in [-0.3, -0.25) is 0 Å². The Bertz CT molecular complexity index is 894. The molecule has 130 valence electrons. The summed E-state index contributed by atoms with van der Waals surface area (Å²) in [5.41, 5.74) is -0.493. The normalized spacial score (nSPS) is 16.3. The first-order valence-corrected chi connectivity index (χ1v) is 9.02. The highest BCUT2D eigenvalue weighted by Gasteiger charge is 2.39. The van der Waals surface area contributed by atoms with Gasteiger partial charge in [0, 0.05) is 18.3 Å². The predicted molar refractivity (Wildman–Crippen MR) is 85.5 cm³/mol. The van der Waals surface area contributed by atoms with E-state index in [1.807, 2.05) is 13.8 Å². The van der Waals surface area contributed by atoms with Crippen LogP contribution in [0.1, 0.15) is 25.6 Å². The molecular formula is C15H19N3O5S. The van der Waals surface area contributed by atoms with E-state index >= 15 is 0 Å². The fraction of sp³-hybridized carbons (Fsp3) is 0.467. The van der Waals surface area contributed by atoms with Crippen LogP contribution in [-0.2, 0) is 10.0 Å². The molecule has 3 rings (SSSR count). The Morgan fingerprint density at radius 1 is 1.33 bits per heavy atom. The van der Waals surface area contributed by atoms with Crippen molar-refractivity contribution in [3.63, 3.8) is 0 Å². The summed E-state index contributed by atoms with van der Waals surface area (Å²) >= 11 is 0. The summed E-state index contributed by atoms with van der Waals surface area (Å²) in [6.07, 6.45) is 2.74. The highest BCUT2D eigenvalue weighted by molar-refractivity contribution is 7.89. The smallest absolute Gasteiger partial charge is 0.339 e. The zero-order valence-electron chi connectivity index (χ0n) is 13.7. The van der Waals surface area contributed by atoms with E-state index in [1.54, 1.807) is 17.6 Å². The third-order valence-electron chi connectivity index (χ3n) is 3.76. The van der Waals surface area contributed by atoms with E-state index in [1.165, 1.54) is 22.9 Å². The maximum Gasteiger partial charge on any atom is 0.339 e. The second-order valence-corrected chi connectivity index (χ2v) is 7.92. The summed E-state index contributed by atoms with van der Waals surface area (Å²) in [5.74, 6) is 0.829. The molecule has 0 amide bonds. The number of ether oxygens (including phenoxy) is 1. The quantitative estimate of drug-likeness (QED) is 0.801. The van der Waals surface area contributed by atoms with Crippen molar-refractivity contribution in [1.29, 1.82) is 0 Å². The molecule has 0 bridgehead atoms. The number of sulfonamides is 1. The molecule has 0 aromatic carbocycles. The molecule has 24 heavy (non-hydrogen) atoms. The number of rotatable bonds is 5. The van der Waals surface area contributed by atoms with Gasteiger partial charge in [-0.2, -0.15) is 4.31 Å². The lowest BCUT2D eigenvalue weighted by Gasteiger charge is -2.37. The summed E-state index contributed by atoms with van der Waals surface area (Å²) in [4.78, 5) is 15.3. The van der Waals surface area contributed by atoms with Crippen molar-refractivity contribution >= 4 is 10.0 Å². The molecule has 0 radical (unpaired) electrons. The van der Waals surface area contributed by atoms with E-state index < -0.39 is 15.6 Å². The van der Waals surface area contributed by atoms with Gasteiger partial charge in [-0.15, -0.1) is 0 Å². The third kappa shape index (κ3) is 3.22. The number of aryl methyl sites for hydroxylation is 1. The average Bonchev–Trinajstić information content (AvgIpc) is 2.91. The largest absolute Gasteiger partial charge is 0.487 e. The Morgan fingerprint density at radius 3 is 2.62 bits per heavy atom. The second kappa shape index (κ2) is 6.06. The van der Waals surface area contributed by atoms with Crippen molar-refractivity contribution in [2.45, 2.75) is 37.9 Å². The molecule has 0 aliphatic carbocycles. The van der Waals surface area contributed by atoms with Gasteiger partial charge in [-0.05, 0) is 20.8 Å². The molecule has 0 unspecified atom stereocenters. The van der Waals surface area contributed by atoms with Gasteiger partial charge in [-0.25, -0.2) is 18.2 Å². The number of aromatic nitrogens is 2. The molecule has 8 nitrogen and oxygen atoms in total. The van der Waals surface area contributed by atoms with Crippen LogP contribution in [0.15, 0.2) is 38.9 Å². The zero-order chi connectivity index (χ0) is 17.5. The van der Waals surface area contributed by atoms with E-state index in [-0.39, 0.29) is 30.3 Å². The van der Waals surface area contributed by atoms with Gasteiger partial charge in [0.1, 0.15) is 17.6 Å². The van der Waals surface area contributed by atoms with Crippen LogP contribution in [0, 0.1) is 6.92 Å². The van der Waals surface area contributed by atoms with Crippen molar-refractivity contribution < 1.29 is 17.6 Å². The number of nitrogens with zero attached hydrogens (tertiary/aromatic N) is 3. The highest BCUT2D eigenvalue weighted by atomic mass is 32.2. The lowest BCUT2D eigenvalue weighted by molar-refractivity contribution is 0.0752. The van der Waals surface area contributed by atoms with Crippen molar-refractivity contribution in [3.8, 4) is 5.75 Å². The first-order chi connectivity index (χ1) is 11.3. The summed E-state index contributed by atoms with van der Waals surface area (Å²) in [7, 11) is -3.62. The number of imidazole rings is 1. The summed E-state index contributed by atoms with van der Waals surface area (Å²) in [5, 5.41) is 0.0332. The Hall–Kier alpha value is -2.13. The molecule has 1 saturated heterocycles. The van der Waals surface area contributed by atoms with Crippen LogP contribution in [-0.4, -0.2) is 41.5 Å². The van der Waals surface area contributed by atoms with Crippen LogP contribution < -0.4 is 10.4 Å². The van der Waals surface area contributed by atoms with E-state index in [4.69, 9.17) is 9.15 Å². The molecular weight excluding hydrogens is 334 g/mol. The fourth-order valence-electron chi connectivity index (χ4n) is 2.37. The van der Waals surface area contributed by atoms with Gasteiger partial charge in [-0.1, -0.05) is 0 Å². The standard InChI is InChI=1S/C15H19N3O5S/c1-10(2)17-8-14(16-9-17)24(20,21)18-6-13(7-18)23-12-4-11(3)22-15(19)5-12/h4-5,8-10,13H,6-7H2,1-3H3. The van der Waals surface area contributed by atoms with Crippen molar-refractivity contribution in [1.82, 2.24) is 13.9 Å². The first-order valence-electron chi connectivity index (χ1n) is 7.58. The summed E-state index contributed by atoms with van der Waals surface area (Å²) in [6.45, 7) is 5.98. The number of hydrogen-bond donors (Lipinski definition) is 0. The predicted octanol–water partition coefficient (Wildman–Crippen LogP) is 1.18. The van der Waals surface area contributed by atoms with Crippen LogP contribution in [0.3, 0.4) is 0 Å². The van der Waals surface area contributed by atoms with Gasteiger partial charge in [0.2, 0.25) is 0 Å². The molecule has 2 aromatic rings. The molecule has 1 aliphatic heterocycles. The van der Waals surface area contributed by atoms with E-state index in [0.29, 0.717) is 11.5 Å². The third-order valence-corrected chi connectivity index (χ3v) is 5.48. The fourth-order valence-corrected chi connectivity index (χ4v) is 3.80. The van der Waals surface area contributed by atoms with Crippen LogP contribution in [0.25, 0.3) is 0 Å². The minimum Gasteiger partial charge on any atom is -0.487 e. The maximum atomic E-state index is 12.5. The minimum absolute atomic E-state index is 0.0332. The Kier molecular flexibility index (Phi) is 4.22. The molecule has 0 atom stereocenters. The first kappa shape index (κ1) is 16.7. The Labute approximate surface area is 139 Å². The molecule has 0 saturated carbocycles. The minimum atomic E-state index is -3.62. The molecule has 0 N–H and O–H groups in total. The molecule has 3 heterocycles. The Balaban J connectivity index is 1.65. The van der Waals surface area contributed by atoms with Crippen molar-refractivity contribution in [2.24, 2.45) is 0 Å². The van der Waals surface area contributed by atoms with Crippen molar-refractivity contribution in [2.75, 3.05) is 13.1 Å². The van der Waals surface area contributed by atoms with Gasteiger partial charge in [0.05, 0.1) is 25.5 Å². The lowest BCUT2D eigenvalue weighted by Crippen LogP contribution is -2.56. The maximum absolute atomic E-state index is 12.5. The van der Waals surface area contributed by atoms with Gasteiger partial charge >= 0.3 is 5.63 Å². The summed E-state index contributed by atoms with van der Waals surface area (Å²) < 4.78 is 38.5. The molecule has 2 aromatic heterocycles. The molecule has 0 spiro atoms. The Morgan fingerprint density at radius 2 is 2.04 bits per heavy atom. The average molecular weight is 353 g/mol. The lowest BCUT2D eigenvalue weighted by atomic mass is 10.2. The van der Waals surface area contributed by atoms with Crippen LogP contribution in [0.5, 0.6) is 5.75 Å². The topological polar surface area (TPSA) is 94.6 Å². The van der Waals surface area contributed by atoms with Crippen LogP contribution >= 0.6 is 0 Å². The summed E-state index contributed by atoms with van der Waals surface area (Å²) in [6, 6.07) is 2.99. The van der Waals surface area contributed by atoms with Crippen molar-refractivity contribution in [3.05, 3.63) is 40.8 Å². The van der Waals surface area contributed by atoms with E-state index in [2.05, 4.69) is 4.98 Å². The second-order valence-electron chi connectivity index (χ2n) is 6.04. The molecule has 1 aliphatic rings. The van der Waals surface area contributed by atoms with Crippen LogP contribution in [0.4, 0.5) is 0 Å².